The zero-order valence-corrected chi connectivity index (χ0v) is 16.7. The summed E-state index contributed by atoms with van der Waals surface area (Å²) in [6.45, 7) is -0.786. The van der Waals surface area contributed by atoms with Gasteiger partial charge in [0.2, 0.25) is 10.0 Å². The van der Waals surface area contributed by atoms with Crippen molar-refractivity contribution in [2.75, 3.05) is 17.2 Å². The van der Waals surface area contributed by atoms with Crippen molar-refractivity contribution in [3.63, 3.8) is 0 Å². The van der Waals surface area contributed by atoms with E-state index in [2.05, 4.69) is 10.3 Å². The lowest BCUT2D eigenvalue weighted by Crippen LogP contribution is -2.56. The molecule has 0 bridgehead atoms. The number of aromatic nitrogens is 3. The van der Waals surface area contributed by atoms with Crippen molar-refractivity contribution in [1.29, 1.82) is 5.26 Å². The molecule has 2 heterocycles. The van der Waals surface area contributed by atoms with Gasteiger partial charge in [0.05, 0.1) is 42.9 Å². The number of sulfonamides is 1. The Morgan fingerprint density at radius 2 is 1.87 bits per heavy atom. The molecule has 1 saturated heterocycles. The lowest BCUT2D eigenvalue weighted by molar-refractivity contribution is -0.254. The fraction of sp³-hybridized carbons (Fsp3) is 0.471. The minimum absolute atomic E-state index is 0.192. The Morgan fingerprint density at radius 3 is 2.43 bits per heavy atom. The first-order valence-corrected chi connectivity index (χ1v) is 10.7. The molecule has 13 heteroatoms. The third-order valence-corrected chi connectivity index (χ3v) is 5.82. The van der Waals surface area contributed by atoms with Crippen molar-refractivity contribution in [1.82, 2.24) is 15.0 Å². The topological polar surface area (TPSA) is 182 Å². The molecule has 1 aromatic carbocycles. The molecule has 1 aliphatic heterocycles. The van der Waals surface area contributed by atoms with Crippen molar-refractivity contribution in [3.05, 3.63) is 41.7 Å². The molecular weight excluding hydrogens is 418 g/mol. The SMILES string of the molecule is CS(=O)(=O)N(Cc1cn([C@@H]2O[C@H](CO)[C@@H](O)[C@H](O)[C@H]2O)nn1)c1ccc(C#N)cc1. The van der Waals surface area contributed by atoms with Crippen molar-refractivity contribution in [2.45, 2.75) is 37.2 Å². The Balaban J connectivity index is 1.84. The molecule has 4 N–H and O–H groups in total. The smallest absolute Gasteiger partial charge is 0.232 e. The van der Waals surface area contributed by atoms with Gasteiger partial charge in [-0.2, -0.15) is 5.26 Å². The Morgan fingerprint density at radius 1 is 1.20 bits per heavy atom. The summed E-state index contributed by atoms with van der Waals surface area (Å²) in [5, 5.41) is 55.9. The Kier molecular flexibility index (Phi) is 6.36. The van der Waals surface area contributed by atoms with Crippen LogP contribution in [0, 0.1) is 11.3 Å². The number of aliphatic hydroxyl groups excluding tert-OH is 4. The maximum atomic E-state index is 12.3. The minimum atomic E-state index is -3.70. The van der Waals surface area contributed by atoms with E-state index in [9.17, 15) is 28.8 Å². The zero-order chi connectivity index (χ0) is 22.1. The predicted molar refractivity (Wildman–Crippen MR) is 101 cm³/mol. The van der Waals surface area contributed by atoms with Crippen LogP contribution in [0.25, 0.3) is 0 Å². The van der Waals surface area contributed by atoms with Crippen LogP contribution in [0.2, 0.25) is 0 Å². The van der Waals surface area contributed by atoms with E-state index < -0.39 is 47.3 Å². The van der Waals surface area contributed by atoms with Gasteiger partial charge in [-0.15, -0.1) is 5.10 Å². The molecule has 1 aliphatic rings. The van der Waals surface area contributed by atoms with Crippen molar-refractivity contribution in [2.24, 2.45) is 0 Å². The molecule has 5 atom stereocenters. The van der Waals surface area contributed by atoms with Gasteiger partial charge in [-0.3, -0.25) is 4.31 Å². The molecule has 3 rings (SSSR count). The van der Waals surface area contributed by atoms with E-state index in [1.807, 2.05) is 6.07 Å². The van der Waals surface area contributed by atoms with E-state index in [1.165, 1.54) is 30.5 Å². The number of hydrogen-bond acceptors (Lipinski definition) is 10. The fourth-order valence-electron chi connectivity index (χ4n) is 3.06. The van der Waals surface area contributed by atoms with Gasteiger partial charge in [0.1, 0.15) is 30.1 Å². The first-order chi connectivity index (χ1) is 14.2. The van der Waals surface area contributed by atoms with Gasteiger partial charge in [-0.25, -0.2) is 13.1 Å². The number of anilines is 1. The van der Waals surface area contributed by atoms with Crippen molar-refractivity contribution in [3.8, 4) is 6.07 Å². The third-order valence-electron chi connectivity index (χ3n) is 4.68. The Bertz CT molecular complexity index is 1020. The second kappa shape index (κ2) is 8.64. The van der Waals surface area contributed by atoms with Crippen LogP contribution in [-0.4, -0.2) is 81.1 Å². The third kappa shape index (κ3) is 4.43. The van der Waals surface area contributed by atoms with E-state index in [4.69, 9.17) is 10.00 Å². The van der Waals surface area contributed by atoms with Crippen molar-refractivity contribution >= 4 is 15.7 Å². The quantitative estimate of drug-likeness (QED) is 0.396. The molecule has 0 aliphatic carbocycles. The highest BCUT2D eigenvalue weighted by Gasteiger charge is 2.44. The van der Waals surface area contributed by atoms with E-state index in [1.54, 1.807) is 0 Å². The molecule has 0 amide bonds. The highest BCUT2D eigenvalue weighted by Crippen LogP contribution is 2.28. The van der Waals surface area contributed by atoms with Crippen LogP contribution in [0.15, 0.2) is 30.5 Å². The van der Waals surface area contributed by atoms with Crippen LogP contribution < -0.4 is 4.31 Å². The summed E-state index contributed by atoms with van der Waals surface area (Å²) < 4.78 is 32.1. The molecule has 2 aromatic rings. The molecule has 12 nitrogen and oxygen atoms in total. The van der Waals surface area contributed by atoms with Gasteiger partial charge in [0, 0.05) is 0 Å². The summed E-state index contributed by atoms with van der Waals surface area (Å²) in [5.74, 6) is 0. The molecule has 0 saturated carbocycles. The number of benzene rings is 1. The summed E-state index contributed by atoms with van der Waals surface area (Å²) in [6.07, 6.45) is -4.67. The van der Waals surface area contributed by atoms with Crippen LogP contribution in [0.5, 0.6) is 0 Å². The van der Waals surface area contributed by atoms with Crippen LogP contribution in [0.4, 0.5) is 5.69 Å². The molecule has 0 unspecified atom stereocenters. The molecule has 0 spiro atoms. The first kappa shape index (κ1) is 22.1. The number of aliphatic hydroxyl groups is 4. The Labute approximate surface area is 172 Å². The van der Waals surface area contributed by atoms with E-state index in [0.29, 0.717) is 11.3 Å². The summed E-state index contributed by atoms with van der Waals surface area (Å²) in [7, 11) is -3.70. The molecule has 0 radical (unpaired) electrons. The van der Waals surface area contributed by atoms with Gasteiger partial charge in [-0.1, -0.05) is 5.21 Å². The van der Waals surface area contributed by atoms with Gasteiger partial charge in [0.25, 0.3) is 0 Å². The van der Waals surface area contributed by atoms with Gasteiger partial charge in [0.15, 0.2) is 6.23 Å². The fourth-order valence-corrected chi connectivity index (χ4v) is 3.93. The lowest BCUT2D eigenvalue weighted by Gasteiger charge is -2.39. The van der Waals surface area contributed by atoms with Gasteiger partial charge in [-0.05, 0) is 24.3 Å². The van der Waals surface area contributed by atoms with Crippen LogP contribution in [0.3, 0.4) is 0 Å². The maximum absolute atomic E-state index is 12.3. The minimum Gasteiger partial charge on any atom is -0.394 e. The molecule has 162 valence electrons. The number of nitrogens with zero attached hydrogens (tertiary/aromatic N) is 5. The summed E-state index contributed by atoms with van der Waals surface area (Å²) in [4.78, 5) is 0. The van der Waals surface area contributed by atoms with E-state index >= 15 is 0 Å². The monoisotopic (exact) mass is 439 g/mol. The van der Waals surface area contributed by atoms with Crippen LogP contribution in [-0.2, 0) is 21.3 Å². The second-order valence-electron chi connectivity index (χ2n) is 6.84. The van der Waals surface area contributed by atoms with Gasteiger partial charge >= 0.3 is 0 Å². The largest absolute Gasteiger partial charge is 0.394 e. The lowest BCUT2D eigenvalue weighted by atomic mass is 9.98. The van der Waals surface area contributed by atoms with Crippen molar-refractivity contribution < 1.29 is 33.6 Å². The highest BCUT2D eigenvalue weighted by molar-refractivity contribution is 7.92. The number of rotatable bonds is 6. The molecule has 30 heavy (non-hydrogen) atoms. The standard InChI is InChI=1S/C17H21N5O7S/c1-30(27,28)22(12-4-2-10(6-18)3-5-12)8-11-7-21(20-19-11)17-16(26)15(25)14(24)13(9-23)29-17/h2-5,7,13-17,23-26H,8-9H2,1H3/t13-,14-,15+,16-,17-/m1/s1. The summed E-state index contributed by atoms with van der Waals surface area (Å²) in [6, 6.07) is 7.90. The zero-order valence-electron chi connectivity index (χ0n) is 15.8. The van der Waals surface area contributed by atoms with Crippen LogP contribution >= 0.6 is 0 Å². The molecular formula is C17H21N5O7S. The first-order valence-electron chi connectivity index (χ1n) is 8.85. The van der Waals surface area contributed by atoms with E-state index in [0.717, 1.165) is 15.2 Å². The number of nitriles is 1. The predicted octanol–water partition coefficient (Wildman–Crippen LogP) is -1.91. The summed E-state index contributed by atoms with van der Waals surface area (Å²) in [5.41, 5.74) is 0.904. The average molecular weight is 439 g/mol. The number of ether oxygens (including phenoxy) is 1. The highest BCUT2D eigenvalue weighted by atomic mass is 32.2. The molecule has 1 fully saturated rings. The molecule has 1 aromatic heterocycles. The summed E-state index contributed by atoms with van der Waals surface area (Å²) >= 11 is 0. The second-order valence-corrected chi connectivity index (χ2v) is 8.74. The number of hydrogen-bond donors (Lipinski definition) is 4. The average Bonchev–Trinajstić information content (AvgIpc) is 3.18. The Hall–Kier alpha value is -2.60. The maximum Gasteiger partial charge on any atom is 0.232 e. The normalized spacial score (nSPS) is 26.9. The van der Waals surface area contributed by atoms with Gasteiger partial charge < -0.3 is 25.2 Å². The van der Waals surface area contributed by atoms with E-state index in [-0.39, 0.29) is 12.2 Å². The van der Waals surface area contributed by atoms with Crippen LogP contribution in [0.1, 0.15) is 17.5 Å².